The lowest BCUT2D eigenvalue weighted by Gasteiger charge is -2.07. The number of rotatable bonds is 7. The standard InChI is InChI=1S/C16H22N4O/c1-13(2)17-9-8-16(21)18-10-14-11-19-20(12-14)15-6-4-3-5-7-15/h3-7,11-13,17H,8-10H2,1-2H3,(H,18,21). The Morgan fingerprint density at radius 2 is 2.05 bits per heavy atom. The summed E-state index contributed by atoms with van der Waals surface area (Å²) >= 11 is 0. The van der Waals surface area contributed by atoms with Crippen molar-refractivity contribution in [2.45, 2.75) is 32.9 Å². The molecule has 2 aromatic rings. The van der Waals surface area contributed by atoms with Crippen molar-refractivity contribution in [2.24, 2.45) is 0 Å². The van der Waals surface area contributed by atoms with Crippen molar-refractivity contribution in [1.82, 2.24) is 20.4 Å². The van der Waals surface area contributed by atoms with Crippen LogP contribution < -0.4 is 10.6 Å². The second-order valence-corrected chi connectivity index (χ2v) is 5.26. The van der Waals surface area contributed by atoms with E-state index in [9.17, 15) is 4.79 Å². The van der Waals surface area contributed by atoms with Gasteiger partial charge in [0.05, 0.1) is 11.9 Å². The van der Waals surface area contributed by atoms with E-state index in [0.717, 1.165) is 11.3 Å². The Bertz CT molecular complexity index is 563. The second-order valence-electron chi connectivity index (χ2n) is 5.26. The van der Waals surface area contributed by atoms with E-state index in [1.165, 1.54) is 0 Å². The van der Waals surface area contributed by atoms with Gasteiger partial charge in [-0.3, -0.25) is 4.79 Å². The minimum atomic E-state index is 0.0515. The van der Waals surface area contributed by atoms with Crippen molar-refractivity contribution in [3.63, 3.8) is 0 Å². The minimum absolute atomic E-state index is 0.0515. The van der Waals surface area contributed by atoms with Crippen molar-refractivity contribution < 1.29 is 4.79 Å². The molecule has 0 radical (unpaired) electrons. The summed E-state index contributed by atoms with van der Waals surface area (Å²) in [6.45, 7) is 5.34. The van der Waals surface area contributed by atoms with Crippen molar-refractivity contribution in [1.29, 1.82) is 0 Å². The van der Waals surface area contributed by atoms with Gasteiger partial charge in [0.1, 0.15) is 0 Å². The topological polar surface area (TPSA) is 59.0 Å². The highest BCUT2D eigenvalue weighted by Gasteiger charge is 2.04. The maximum Gasteiger partial charge on any atom is 0.221 e. The van der Waals surface area contributed by atoms with Gasteiger partial charge in [0.2, 0.25) is 5.91 Å². The van der Waals surface area contributed by atoms with Crippen LogP contribution in [0.1, 0.15) is 25.8 Å². The van der Waals surface area contributed by atoms with Gasteiger partial charge in [-0.25, -0.2) is 4.68 Å². The summed E-state index contributed by atoms with van der Waals surface area (Å²) < 4.78 is 1.81. The van der Waals surface area contributed by atoms with Crippen LogP contribution in [-0.2, 0) is 11.3 Å². The second kappa shape index (κ2) is 7.59. The molecule has 1 heterocycles. The number of nitrogens with one attached hydrogen (secondary N) is 2. The summed E-state index contributed by atoms with van der Waals surface area (Å²) in [4.78, 5) is 11.7. The molecule has 0 fully saturated rings. The number of para-hydroxylation sites is 1. The average Bonchev–Trinajstić information content (AvgIpc) is 2.94. The molecule has 2 N–H and O–H groups in total. The normalized spacial score (nSPS) is 10.8. The highest BCUT2D eigenvalue weighted by atomic mass is 16.1. The van der Waals surface area contributed by atoms with Gasteiger partial charge in [0.25, 0.3) is 0 Å². The molecule has 0 bridgehead atoms. The fraction of sp³-hybridized carbons (Fsp3) is 0.375. The molecule has 0 spiro atoms. The van der Waals surface area contributed by atoms with Crippen LogP contribution >= 0.6 is 0 Å². The molecule has 0 saturated carbocycles. The van der Waals surface area contributed by atoms with E-state index in [2.05, 4.69) is 29.6 Å². The number of carbonyl (C=O) groups excluding carboxylic acids is 1. The molecule has 0 aliphatic rings. The smallest absolute Gasteiger partial charge is 0.221 e. The van der Waals surface area contributed by atoms with Crippen molar-refractivity contribution in [3.8, 4) is 5.69 Å². The molecule has 5 heteroatoms. The third-order valence-corrected chi connectivity index (χ3v) is 3.05. The summed E-state index contributed by atoms with van der Waals surface area (Å²) in [5, 5.41) is 10.4. The van der Waals surface area contributed by atoms with Crippen LogP contribution in [0.25, 0.3) is 5.69 Å². The van der Waals surface area contributed by atoms with Crippen molar-refractivity contribution in [2.75, 3.05) is 6.54 Å². The van der Waals surface area contributed by atoms with E-state index in [4.69, 9.17) is 0 Å². The maximum atomic E-state index is 11.7. The van der Waals surface area contributed by atoms with Crippen LogP contribution in [-0.4, -0.2) is 28.3 Å². The summed E-state index contributed by atoms with van der Waals surface area (Å²) in [5.74, 6) is 0.0515. The summed E-state index contributed by atoms with van der Waals surface area (Å²) in [6, 6.07) is 10.3. The number of aromatic nitrogens is 2. The highest BCUT2D eigenvalue weighted by Crippen LogP contribution is 2.07. The van der Waals surface area contributed by atoms with E-state index in [1.807, 2.05) is 41.2 Å². The van der Waals surface area contributed by atoms with Gasteiger partial charge < -0.3 is 10.6 Å². The first-order valence-corrected chi connectivity index (χ1v) is 7.24. The molecule has 0 aliphatic heterocycles. The number of hydrogen-bond donors (Lipinski definition) is 2. The number of nitrogens with zero attached hydrogens (tertiary/aromatic N) is 2. The van der Waals surface area contributed by atoms with Crippen molar-refractivity contribution in [3.05, 3.63) is 48.3 Å². The lowest BCUT2D eigenvalue weighted by atomic mass is 10.3. The Morgan fingerprint density at radius 3 is 2.76 bits per heavy atom. The molecule has 2 rings (SSSR count). The molecule has 5 nitrogen and oxygen atoms in total. The number of benzene rings is 1. The number of hydrogen-bond acceptors (Lipinski definition) is 3. The molecule has 0 atom stereocenters. The third-order valence-electron chi connectivity index (χ3n) is 3.05. The lowest BCUT2D eigenvalue weighted by Crippen LogP contribution is -2.30. The van der Waals surface area contributed by atoms with Crippen LogP contribution in [0, 0.1) is 0 Å². The lowest BCUT2D eigenvalue weighted by molar-refractivity contribution is -0.121. The Balaban J connectivity index is 1.79. The van der Waals surface area contributed by atoms with Crippen LogP contribution in [0.15, 0.2) is 42.7 Å². The third kappa shape index (κ3) is 5.04. The predicted molar refractivity (Wildman–Crippen MR) is 83.2 cm³/mol. The van der Waals surface area contributed by atoms with Crippen LogP contribution in [0.3, 0.4) is 0 Å². The van der Waals surface area contributed by atoms with Crippen LogP contribution in [0.2, 0.25) is 0 Å². The first-order valence-electron chi connectivity index (χ1n) is 7.24. The van der Waals surface area contributed by atoms with E-state index < -0.39 is 0 Å². The largest absolute Gasteiger partial charge is 0.352 e. The highest BCUT2D eigenvalue weighted by molar-refractivity contribution is 5.76. The van der Waals surface area contributed by atoms with Crippen LogP contribution in [0.4, 0.5) is 0 Å². The Morgan fingerprint density at radius 1 is 1.29 bits per heavy atom. The Hall–Kier alpha value is -2.14. The van der Waals surface area contributed by atoms with E-state index in [-0.39, 0.29) is 5.91 Å². The average molecular weight is 286 g/mol. The SMILES string of the molecule is CC(C)NCCC(=O)NCc1cnn(-c2ccccc2)c1. The van der Waals surface area contributed by atoms with E-state index in [1.54, 1.807) is 6.20 Å². The molecule has 1 amide bonds. The summed E-state index contributed by atoms with van der Waals surface area (Å²) in [5.41, 5.74) is 2.00. The van der Waals surface area contributed by atoms with Gasteiger partial charge in [0.15, 0.2) is 0 Å². The van der Waals surface area contributed by atoms with Gasteiger partial charge in [-0.15, -0.1) is 0 Å². The Labute approximate surface area is 125 Å². The predicted octanol–water partition coefficient (Wildman–Crippen LogP) is 1.88. The molecule has 0 aliphatic carbocycles. The van der Waals surface area contributed by atoms with Gasteiger partial charge in [-0.2, -0.15) is 5.10 Å². The molecule has 1 aromatic carbocycles. The maximum absolute atomic E-state index is 11.7. The zero-order valence-corrected chi connectivity index (χ0v) is 12.5. The summed E-state index contributed by atoms with van der Waals surface area (Å²) in [6.07, 6.45) is 4.20. The molecule has 0 saturated heterocycles. The molecule has 112 valence electrons. The van der Waals surface area contributed by atoms with E-state index >= 15 is 0 Å². The van der Waals surface area contributed by atoms with Gasteiger partial charge in [0, 0.05) is 37.3 Å². The molecule has 1 aromatic heterocycles. The Kier molecular flexibility index (Phi) is 5.51. The van der Waals surface area contributed by atoms with Crippen molar-refractivity contribution >= 4 is 5.91 Å². The monoisotopic (exact) mass is 286 g/mol. The quantitative estimate of drug-likeness (QED) is 0.817. The molecule has 0 unspecified atom stereocenters. The molecular formula is C16H22N4O. The first-order chi connectivity index (χ1) is 10.1. The van der Waals surface area contributed by atoms with Gasteiger partial charge in [-0.05, 0) is 12.1 Å². The van der Waals surface area contributed by atoms with E-state index in [0.29, 0.717) is 25.6 Å². The fourth-order valence-corrected chi connectivity index (χ4v) is 1.94. The number of carbonyl (C=O) groups is 1. The molecule has 21 heavy (non-hydrogen) atoms. The number of amides is 1. The summed E-state index contributed by atoms with van der Waals surface area (Å²) in [7, 11) is 0. The fourth-order valence-electron chi connectivity index (χ4n) is 1.94. The first kappa shape index (κ1) is 15.3. The zero-order chi connectivity index (χ0) is 15.1. The molecular weight excluding hydrogens is 264 g/mol. The minimum Gasteiger partial charge on any atom is -0.352 e. The van der Waals surface area contributed by atoms with Gasteiger partial charge >= 0.3 is 0 Å². The zero-order valence-electron chi connectivity index (χ0n) is 12.5. The van der Waals surface area contributed by atoms with Crippen LogP contribution in [0.5, 0.6) is 0 Å². The van der Waals surface area contributed by atoms with Gasteiger partial charge in [-0.1, -0.05) is 32.0 Å².